The standard InChI is InChI=1S/C16H17N5O2S/c22-24(23,20-9-7-17-8-10-20)15-3-1-13(2-4-15)14-11-18-16-5-6-19-21(16)12-14/h1-6,11-12,17H,7-10H2. The minimum atomic E-state index is -3.43. The number of sulfonamides is 1. The van der Waals surface area contributed by atoms with Gasteiger partial charge >= 0.3 is 0 Å². The molecule has 1 saturated heterocycles. The largest absolute Gasteiger partial charge is 0.314 e. The van der Waals surface area contributed by atoms with E-state index in [9.17, 15) is 8.42 Å². The van der Waals surface area contributed by atoms with E-state index in [4.69, 9.17) is 0 Å². The number of hydrogen-bond acceptors (Lipinski definition) is 5. The molecule has 0 unspecified atom stereocenters. The molecule has 0 aliphatic carbocycles. The van der Waals surface area contributed by atoms with Crippen LogP contribution in [0.5, 0.6) is 0 Å². The van der Waals surface area contributed by atoms with Crippen molar-refractivity contribution < 1.29 is 8.42 Å². The first kappa shape index (κ1) is 15.3. The second-order valence-corrected chi connectivity index (χ2v) is 7.59. The molecule has 3 heterocycles. The molecule has 0 radical (unpaired) electrons. The molecule has 124 valence electrons. The van der Waals surface area contributed by atoms with E-state index in [0.29, 0.717) is 31.1 Å². The Kier molecular flexibility index (Phi) is 3.79. The Morgan fingerprint density at radius 2 is 1.75 bits per heavy atom. The Bertz CT molecular complexity index is 960. The number of rotatable bonds is 3. The average Bonchev–Trinajstić information content (AvgIpc) is 3.10. The molecule has 1 aliphatic rings. The van der Waals surface area contributed by atoms with Crippen molar-refractivity contribution in [1.29, 1.82) is 0 Å². The summed E-state index contributed by atoms with van der Waals surface area (Å²) in [7, 11) is -3.43. The summed E-state index contributed by atoms with van der Waals surface area (Å²) in [6, 6.07) is 8.75. The lowest BCUT2D eigenvalue weighted by Gasteiger charge is -2.26. The normalized spacial score (nSPS) is 16.5. The zero-order chi connectivity index (χ0) is 16.6. The van der Waals surface area contributed by atoms with Crippen LogP contribution in [0.4, 0.5) is 0 Å². The van der Waals surface area contributed by atoms with Crippen molar-refractivity contribution >= 4 is 15.7 Å². The molecule has 1 N–H and O–H groups in total. The highest BCUT2D eigenvalue weighted by Gasteiger charge is 2.25. The van der Waals surface area contributed by atoms with Gasteiger partial charge < -0.3 is 5.32 Å². The minimum Gasteiger partial charge on any atom is -0.314 e. The average molecular weight is 343 g/mol. The van der Waals surface area contributed by atoms with Crippen LogP contribution in [0.3, 0.4) is 0 Å². The van der Waals surface area contributed by atoms with E-state index in [1.807, 2.05) is 12.3 Å². The van der Waals surface area contributed by atoms with Gasteiger partial charge in [0.05, 0.1) is 11.1 Å². The van der Waals surface area contributed by atoms with Crippen molar-refractivity contribution in [3.8, 4) is 11.1 Å². The Morgan fingerprint density at radius 3 is 2.50 bits per heavy atom. The molecular weight excluding hydrogens is 326 g/mol. The van der Waals surface area contributed by atoms with E-state index in [1.165, 1.54) is 4.31 Å². The molecule has 1 fully saturated rings. The van der Waals surface area contributed by atoms with Crippen molar-refractivity contribution in [3.63, 3.8) is 0 Å². The molecule has 3 aromatic rings. The fourth-order valence-electron chi connectivity index (χ4n) is 2.81. The highest BCUT2D eigenvalue weighted by atomic mass is 32.2. The molecule has 0 atom stereocenters. The van der Waals surface area contributed by atoms with Crippen molar-refractivity contribution in [2.75, 3.05) is 26.2 Å². The van der Waals surface area contributed by atoms with Crippen LogP contribution in [0.25, 0.3) is 16.8 Å². The van der Waals surface area contributed by atoms with Gasteiger partial charge in [0.15, 0.2) is 5.65 Å². The predicted octanol–water partition coefficient (Wildman–Crippen LogP) is 0.990. The van der Waals surface area contributed by atoms with Crippen LogP contribution in [0, 0.1) is 0 Å². The second-order valence-electron chi connectivity index (χ2n) is 5.66. The lowest BCUT2D eigenvalue weighted by atomic mass is 10.1. The molecule has 2 aromatic heterocycles. The summed E-state index contributed by atoms with van der Waals surface area (Å²) < 4.78 is 28.5. The van der Waals surface area contributed by atoms with Gasteiger partial charge in [-0.3, -0.25) is 0 Å². The molecule has 24 heavy (non-hydrogen) atoms. The third kappa shape index (κ3) is 2.68. The molecule has 1 aromatic carbocycles. The number of hydrogen-bond donors (Lipinski definition) is 1. The predicted molar refractivity (Wildman–Crippen MR) is 90.1 cm³/mol. The maximum absolute atomic E-state index is 12.6. The molecule has 0 spiro atoms. The molecule has 0 saturated carbocycles. The molecular formula is C16H17N5O2S. The zero-order valence-corrected chi connectivity index (χ0v) is 13.8. The SMILES string of the molecule is O=S(=O)(c1ccc(-c2cnc3ccnn3c2)cc1)N1CCNCC1. The van der Waals surface area contributed by atoms with Gasteiger partial charge in [-0.1, -0.05) is 12.1 Å². The van der Waals surface area contributed by atoms with Crippen LogP contribution in [-0.4, -0.2) is 53.5 Å². The van der Waals surface area contributed by atoms with E-state index in [0.717, 1.165) is 16.8 Å². The van der Waals surface area contributed by atoms with Gasteiger partial charge in [0.1, 0.15) is 0 Å². The maximum atomic E-state index is 12.6. The second kappa shape index (κ2) is 5.97. The quantitative estimate of drug-likeness (QED) is 0.767. The first-order chi connectivity index (χ1) is 11.6. The van der Waals surface area contributed by atoms with Gasteiger partial charge in [-0.25, -0.2) is 17.9 Å². The Morgan fingerprint density at radius 1 is 1.00 bits per heavy atom. The van der Waals surface area contributed by atoms with Gasteiger partial charge in [0.25, 0.3) is 0 Å². The fraction of sp³-hybridized carbons (Fsp3) is 0.250. The van der Waals surface area contributed by atoms with Gasteiger partial charge in [-0.05, 0) is 17.7 Å². The third-order valence-corrected chi connectivity index (χ3v) is 6.06. The van der Waals surface area contributed by atoms with Crippen molar-refractivity contribution in [2.45, 2.75) is 4.90 Å². The van der Waals surface area contributed by atoms with E-state index >= 15 is 0 Å². The first-order valence-corrected chi connectivity index (χ1v) is 9.19. The van der Waals surface area contributed by atoms with Crippen LogP contribution in [0.15, 0.2) is 53.8 Å². The van der Waals surface area contributed by atoms with E-state index in [-0.39, 0.29) is 0 Å². The minimum absolute atomic E-state index is 0.321. The third-order valence-electron chi connectivity index (χ3n) is 4.15. The van der Waals surface area contributed by atoms with Crippen LogP contribution in [0.1, 0.15) is 0 Å². The summed E-state index contributed by atoms with van der Waals surface area (Å²) in [6.07, 6.45) is 5.33. The number of nitrogens with zero attached hydrogens (tertiary/aromatic N) is 4. The summed E-state index contributed by atoms with van der Waals surface area (Å²) in [5.74, 6) is 0. The summed E-state index contributed by atoms with van der Waals surface area (Å²) >= 11 is 0. The van der Waals surface area contributed by atoms with Crippen molar-refractivity contribution in [3.05, 3.63) is 48.9 Å². The highest BCUT2D eigenvalue weighted by molar-refractivity contribution is 7.89. The molecule has 7 nitrogen and oxygen atoms in total. The van der Waals surface area contributed by atoms with E-state index < -0.39 is 10.0 Å². The van der Waals surface area contributed by atoms with Gasteiger partial charge in [-0.2, -0.15) is 9.40 Å². The lowest BCUT2D eigenvalue weighted by molar-refractivity contribution is 0.360. The van der Waals surface area contributed by atoms with Crippen molar-refractivity contribution in [1.82, 2.24) is 24.2 Å². The van der Waals surface area contributed by atoms with Gasteiger partial charge in [0.2, 0.25) is 10.0 Å². The molecule has 4 rings (SSSR count). The number of nitrogens with one attached hydrogen (secondary N) is 1. The first-order valence-electron chi connectivity index (χ1n) is 7.75. The number of benzene rings is 1. The van der Waals surface area contributed by atoms with Gasteiger partial charge in [-0.15, -0.1) is 0 Å². The Hall–Kier alpha value is -2.29. The molecule has 8 heteroatoms. The van der Waals surface area contributed by atoms with Crippen LogP contribution in [-0.2, 0) is 10.0 Å². The Labute approximate surface area is 140 Å². The summed E-state index contributed by atoms with van der Waals surface area (Å²) in [4.78, 5) is 4.65. The number of fused-ring (bicyclic) bond motifs is 1. The zero-order valence-electron chi connectivity index (χ0n) is 13.0. The molecule has 0 bridgehead atoms. The molecule has 0 amide bonds. The number of aromatic nitrogens is 3. The van der Waals surface area contributed by atoms with Crippen LogP contribution in [0.2, 0.25) is 0 Å². The Balaban J connectivity index is 1.64. The maximum Gasteiger partial charge on any atom is 0.243 e. The van der Waals surface area contributed by atoms with Crippen molar-refractivity contribution in [2.24, 2.45) is 0 Å². The lowest BCUT2D eigenvalue weighted by Crippen LogP contribution is -2.46. The number of piperazine rings is 1. The van der Waals surface area contributed by atoms with E-state index in [2.05, 4.69) is 15.4 Å². The smallest absolute Gasteiger partial charge is 0.243 e. The highest BCUT2D eigenvalue weighted by Crippen LogP contribution is 2.23. The topological polar surface area (TPSA) is 79.6 Å². The van der Waals surface area contributed by atoms with Gasteiger partial charge in [0, 0.05) is 50.2 Å². The monoisotopic (exact) mass is 343 g/mol. The summed E-state index contributed by atoms with van der Waals surface area (Å²) in [6.45, 7) is 2.38. The van der Waals surface area contributed by atoms with Crippen LogP contribution < -0.4 is 5.32 Å². The summed E-state index contributed by atoms with van der Waals surface area (Å²) in [5.41, 5.74) is 2.56. The fourth-order valence-corrected chi connectivity index (χ4v) is 4.25. The van der Waals surface area contributed by atoms with Crippen LogP contribution >= 0.6 is 0 Å². The summed E-state index contributed by atoms with van der Waals surface area (Å²) in [5, 5.41) is 7.33. The van der Waals surface area contributed by atoms with E-state index in [1.54, 1.807) is 41.2 Å². The molecule has 1 aliphatic heterocycles.